The van der Waals surface area contributed by atoms with E-state index in [0.717, 1.165) is 12.1 Å². The number of hydrogen-bond acceptors (Lipinski definition) is 1. The monoisotopic (exact) mass is 340 g/mol. The highest BCUT2D eigenvalue weighted by molar-refractivity contribution is 6.37. The third-order valence-electron chi connectivity index (χ3n) is 2.34. The molecule has 106 valence electrons. The van der Waals surface area contributed by atoms with Crippen LogP contribution in [0.5, 0.6) is 11.5 Å². The lowest BCUT2D eigenvalue weighted by atomic mass is 10.2. The first-order valence-electron chi connectivity index (χ1n) is 5.27. The van der Waals surface area contributed by atoms with E-state index in [9.17, 15) is 13.2 Å². The van der Waals surface area contributed by atoms with Crippen LogP contribution in [-0.2, 0) is 6.18 Å². The van der Waals surface area contributed by atoms with Crippen LogP contribution in [0.4, 0.5) is 13.2 Å². The Bertz CT molecular complexity index is 618. The Morgan fingerprint density at radius 3 is 2.00 bits per heavy atom. The van der Waals surface area contributed by atoms with Gasteiger partial charge in [0, 0.05) is 5.02 Å². The Morgan fingerprint density at radius 2 is 1.50 bits per heavy atom. The third kappa shape index (κ3) is 3.51. The molecule has 0 aliphatic rings. The Labute approximate surface area is 127 Å². The molecular formula is C13H6Cl3F3O. The highest BCUT2D eigenvalue weighted by atomic mass is 35.5. The Morgan fingerprint density at radius 1 is 0.900 bits per heavy atom. The maximum atomic E-state index is 12.6. The average Bonchev–Trinajstić information content (AvgIpc) is 2.32. The summed E-state index contributed by atoms with van der Waals surface area (Å²) in [6, 6.07) is 7.84. The first kappa shape index (κ1) is 15.3. The highest BCUT2D eigenvalue weighted by Gasteiger charge is 2.32. The zero-order chi connectivity index (χ0) is 14.9. The van der Waals surface area contributed by atoms with Gasteiger partial charge in [0.15, 0.2) is 5.75 Å². The molecule has 0 unspecified atom stereocenters. The predicted octanol–water partition coefficient (Wildman–Crippen LogP) is 6.46. The zero-order valence-electron chi connectivity index (χ0n) is 9.64. The summed E-state index contributed by atoms with van der Waals surface area (Å²) in [4.78, 5) is 0. The minimum atomic E-state index is -4.53. The van der Waals surface area contributed by atoms with Gasteiger partial charge in [0.05, 0.1) is 15.6 Å². The van der Waals surface area contributed by atoms with Crippen LogP contribution in [0.2, 0.25) is 15.1 Å². The largest absolute Gasteiger partial charge is 0.454 e. The van der Waals surface area contributed by atoms with Crippen LogP contribution >= 0.6 is 34.8 Å². The standard InChI is InChI=1S/C13H6Cl3F3O/c14-8-2-1-3-9(6-8)20-12-10(15)4-7(5-11(12)16)13(17,18)19/h1-6H. The minimum absolute atomic E-state index is 0.0522. The number of rotatable bonds is 2. The van der Waals surface area contributed by atoms with Crippen LogP contribution in [0.1, 0.15) is 5.56 Å². The van der Waals surface area contributed by atoms with Gasteiger partial charge in [0.1, 0.15) is 5.75 Å². The molecule has 0 heterocycles. The van der Waals surface area contributed by atoms with Crippen molar-refractivity contribution in [3.63, 3.8) is 0 Å². The number of alkyl halides is 3. The smallest absolute Gasteiger partial charge is 0.416 e. The SMILES string of the molecule is FC(F)(F)c1cc(Cl)c(Oc2cccc(Cl)c2)c(Cl)c1. The number of halogens is 6. The lowest BCUT2D eigenvalue weighted by Gasteiger charge is -2.13. The molecule has 0 aliphatic heterocycles. The van der Waals surface area contributed by atoms with E-state index in [1.54, 1.807) is 18.2 Å². The second-order valence-electron chi connectivity index (χ2n) is 3.83. The summed E-state index contributed by atoms with van der Waals surface area (Å²) in [5.74, 6) is 0.268. The first-order valence-corrected chi connectivity index (χ1v) is 6.40. The lowest BCUT2D eigenvalue weighted by Crippen LogP contribution is -2.05. The first-order chi connectivity index (χ1) is 9.27. The summed E-state index contributed by atoms with van der Waals surface area (Å²) in [5.41, 5.74) is -0.939. The Kier molecular flexibility index (Phi) is 4.37. The van der Waals surface area contributed by atoms with Gasteiger partial charge in [-0.1, -0.05) is 40.9 Å². The third-order valence-corrected chi connectivity index (χ3v) is 3.14. The summed E-state index contributed by atoms with van der Waals surface area (Å²) in [5, 5.41) is -0.0451. The van der Waals surface area contributed by atoms with Crippen molar-refractivity contribution in [2.24, 2.45) is 0 Å². The van der Waals surface area contributed by atoms with Gasteiger partial charge < -0.3 is 4.74 Å². The number of ether oxygens (including phenoxy) is 1. The van der Waals surface area contributed by atoms with Crippen molar-refractivity contribution in [1.82, 2.24) is 0 Å². The second kappa shape index (κ2) is 5.72. The van der Waals surface area contributed by atoms with Crippen molar-refractivity contribution in [1.29, 1.82) is 0 Å². The number of benzene rings is 2. The van der Waals surface area contributed by atoms with E-state index < -0.39 is 11.7 Å². The van der Waals surface area contributed by atoms with E-state index in [-0.39, 0.29) is 15.8 Å². The van der Waals surface area contributed by atoms with Crippen LogP contribution in [0, 0.1) is 0 Å². The van der Waals surface area contributed by atoms with Crippen LogP contribution in [0.3, 0.4) is 0 Å². The van der Waals surface area contributed by atoms with Crippen molar-refractivity contribution in [3.05, 3.63) is 57.0 Å². The maximum Gasteiger partial charge on any atom is 0.416 e. The van der Waals surface area contributed by atoms with Gasteiger partial charge in [-0.2, -0.15) is 13.2 Å². The fourth-order valence-corrected chi connectivity index (χ4v) is 2.21. The molecule has 0 saturated heterocycles. The molecule has 7 heteroatoms. The zero-order valence-corrected chi connectivity index (χ0v) is 11.9. The molecule has 2 aromatic rings. The molecule has 20 heavy (non-hydrogen) atoms. The molecule has 0 aliphatic carbocycles. The van der Waals surface area contributed by atoms with Crippen LogP contribution in [0.25, 0.3) is 0 Å². The molecule has 0 amide bonds. The molecule has 0 bridgehead atoms. The molecular weight excluding hydrogens is 335 g/mol. The van der Waals surface area contributed by atoms with Crippen molar-refractivity contribution < 1.29 is 17.9 Å². The maximum absolute atomic E-state index is 12.6. The van der Waals surface area contributed by atoms with Gasteiger partial charge in [-0.25, -0.2) is 0 Å². The topological polar surface area (TPSA) is 9.23 Å². The Balaban J connectivity index is 2.38. The summed E-state index contributed by atoms with van der Waals surface area (Å²) in [6.45, 7) is 0. The summed E-state index contributed by atoms with van der Waals surface area (Å²) in [7, 11) is 0. The molecule has 1 nitrogen and oxygen atoms in total. The lowest BCUT2D eigenvalue weighted by molar-refractivity contribution is -0.137. The van der Waals surface area contributed by atoms with Gasteiger partial charge in [0.2, 0.25) is 0 Å². The van der Waals surface area contributed by atoms with E-state index in [2.05, 4.69) is 0 Å². The number of hydrogen-bond donors (Lipinski definition) is 0. The minimum Gasteiger partial charge on any atom is -0.454 e. The molecule has 0 fully saturated rings. The van der Waals surface area contributed by atoms with Crippen LogP contribution < -0.4 is 4.74 Å². The highest BCUT2D eigenvalue weighted by Crippen LogP contribution is 2.41. The molecule has 0 atom stereocenters. The van der Waals surface area contributed by atoms with Crippen molar-refractivity contribution in [2.45, 2.75) is 6.18 Å². The fraction of sp³-hybridized carbons (Fsp3) is 0.0769. The normalized spacial score (nSPS) is 11.5. The van der Waals surface area contributed by atoms with Crippen molar-refractivity contribution in [3.8, 4) is 11.5 Å². The molecule has 0 aromatic heterocycles. The average molecular weight is 342 g/mol. The van der Waals surface area contributed by atoms with Gasteiger partial charge in [-0.3, -0.25) is 0 Å². The van der Waals surface area contributed by atoms with Gasteiger partial charge >= 0.3 is 6.18 Å². The quantitative estimate of drug-likeness (QED) is 0.609. The predicted molar refractivity (Wildman–Crippen MR) is 73.0 cm³/mol. The van der Waals surface area contributed by atoms with E-state index in [0.29, 0.717) is 10.8 Å². The molecule has 2 rings (SSSR count). The second-order valence-corrected chi connectivity index (χ2v) is 5.08. The molecule has 0 spiro atoms. The van der Waals surface area contributed by atoms with Gasteiger partial charge in [-0.15, -0.1) is 0 Å². The van der Waals surface area contributed by atoms with Crippen LogP contribution in [-0.4, -0.2) is 0 Å². The fourth-order valence-electron chi connectivity index (χ4n) is 1.47. The van der Waals surface area contributed by atoms with Gasteiger partial charge in [-0.05, 0) is 30.3 Å². The van der Waals surface area contributed by atoms with E-state index in [1.165, 1.54) is 6.07 Å². The Hall–Kier alpha value is -1.10. The summed E-state index contributed by atoms with van der Waals surface area (Å²) < 4.78 is 43.1. The molecule has 0 N–H and O–H groups in total. The van der Waals surface area contributed by atoms with E-state index in [1.807, 2.05) is 0 Å². The molecule has 0 saturated carbocycles. The van der Waals surface area contributed by atoms with E-state index >= 15 is 0 Å². The van der Waals surface area contributed by atoms with E-state index in [4.69, 9.17) is 39.5 Å². The van der Waals surface area contributed by atoms with Gasteiger partial charge in [0.25, 0.3) is 0 Å². The van der Waals surface area contributed by atoms with Crippen molar-refractivity contribution >= 4 is 34.8 Å². The summed E-state index contributed by atoms with van der Waals surface area (Å²) in [6.07, 6.45) is -4.53. The molecule has 0 radical (unpaired) electrons. The van der Waals surface area contributed by atoms with Crippen LogP contribution in [0.15, 0.2) is 36.4 Å². The van der Waals surface area contributed by atoms with Crippen molar-refractivity contribution in [2.75, 3.05) is 0 Å². The summed E-state index contributed by atoms with van der Waals surface area (Å²) >= 11 is 17.4. The molecule has 2 aromatic carbocycles.